The van der Waals surface area contributed by atoms with Gasteiger partial charge in [-0.3, -0.25) is 4.79 Å². The maximum absolute atomic E-state index is 11.3. The third-order valence-corrected chi connectivity index (χ3v) is 4.09. The molecule has 0 aliphatic heterocycles. The van der Waals surface area contributed by atoms with Gasteiger partial charge in [0.25, 0.3) is 0 Å². The van der Waals surface area contributed by atoms with Crippen molar-refractivity contribution >= 4 is 16.7 Å². The minimum atomic E-state index is -0.379. The van der Waals surface area contributed by atoms with Crippen LogP contribution in [0.2, 0.25) is 0 Å². The van der Waals surface area contributed by atoms with Crippen LogP contribution in [0.25, 0.3) is 21.9 Å². The van der Waals surface area contributed by atoms with Crippen molar-refractivity contribution in [2.45, 2.75) is 6.42 Å². The fourth-order valence-electron chi connectivity index (χ4n) is 3.12. The second-order valence-electron chi connectivity index (χ2n) is 5.23. The summed E-state index contributed by atoms with van der Waals surface area (Å²) in [6, 6.07) is 18.4. The van der Waals surface area contributed by atoms with Gasteiger partial charge in [0.05, 0.1) is 0 Å². The first kappa shape index (κ1) is 11.2. The van der Waals surface area contributed by atoms with Gasteiger partial charge in [0, 0.05) is 5.56 Å². The summed E-state index contributed by atoms with van der Waals surface area (Å²) in [5.74, 6) is -0.379. The van der Waals surface area contributed by atoms with Crippen molar-refractivity contribution in [2.75, 3.05) is 0 Å². The molecule has 0 bridgehead atoms. The predicted octanol–water partition coefficient (Wildman–Crippen LogP) is 3.51. The van der Waals surface area contributed by atoms with Crippen LogP contribution in [0, 0.1) is 0 Å². The molecular formula is C18H13NO. The SMILES string of the molecule is NC(=O)c1ccc2c3c(ccc2c1)-c1ccccc1C3. The van der Waals surface area contributed by atoms with Gasteiger partial charge < -0.3 is 5.73 Å². The summed E-state index contributed by atoms with van der Waals surface area (Å²) in [6.45, 7) is 0. The molecule has 96 valence electrons. The van der Waals surface area contributed by atoms with Crippen molar-refractivity contribution < 1.29 is 4.79 Å². The fourth-order valence-corrected chi connectivity index (χ4v) is 3.12. The van der Waals surface area contributed by atoms with Crippen LogP contribution in [0.4, 0.5) is 0 Å². The Kier molecular flexibility index (Phi) is 2.21. The Morgan fingerprint density at radius 2 is 1.80 bits per heavy atom. The molecule has 2 heteroatoms. The molecular weight excluding hydrogens is 246 g/mol. The van der Waals surface area contributed by atoms with Crippen LogP contribution in [0.15, 0.2) is 54.6 Å². The summed E-state index contributed by atoms with van der Waals surface area (Å²) < 4.78 is 0. The Labute approximate surface area is 116 Å². The average molecular weight is 259 g/mol. The van der Waals surface area contributed by atoms with Gasteiger partial charge in [0.15, 0.2) is 0 Å². The molecule has 1 aliphatic carbocycles. The number of nitrogens with two attached hydrogens (primary N) is 1. The minimum Gasteiger partial charge on any atom is -0.366 e. The summed E-state index contributed by atoms with van der Waals surface area (Å²) in [7, 11) is 0. The van der Waals surface area contributed by atoms with Gasteiger partial charge in [-0.25, -0.2) is 0 Å². The third-order valence-electron chi connectivity index (χ3n) is 4.09. The molecule has 20 heavy (non-hydrogen) atoms. The van der Waals surface area contributed by atoms with Crippen molar-refractivity contribution in [3.63, 3.8) is 0 Å². The van der Waals surface area contributed by atoms with Gasteiger partial charge in [-0.15, -0.1) is 0 Å². The molecule has 4 rings (SSSR count). The van der Waals surface area contributed by atoms with Crippen molar-refractivity contribution in [1.29, 1.82) is 0 Å². The maximum atomic E-state index is 11.3. The lowest BCUT2D eigenvalue weighted by Crippen LogP contribution is -2.10. The van der Waals surface area contributed by atoms with Gasteiger partial charge in [-0.2, -0.15) is 0 Å². The zero-order valence-electron chi connectivity index (χ0n) is 10.9. The lowest BCUT2D eigenvalue weighted by molar-refractivity contribution is 0.100. The van der Waals surface area contributed by atoms with Crippen molar-refractivity contribution in [2.24, 2.45) is 5.73 Å². The van der Waals surface area contributed by atoms with Crippen LogP contribution in [-0.4, -0.2) is 5.91 Å². The number of amides is 1. The van der Waals surface area contributed by atoms with Crippen LogP contribution in [0.1, 0.15) is 21.5 Å². The summed E-state index contributed by atoms with van der Waals surface area (Å²) >= 11 is 0. The molecule has 0 fully saturated rings. The van der Waals surface area contributed by atoms with Crippen LogP contribution < -0.4 is 5.73 Å². The normalized spacial score (nSPS) is 12.2. The molecule has 0 radical (unpaired) electrons. The molecule has 3 aromatic rings. The van der Waals surface area contributed by atoms with E-state index in [9.17, 15) is 4.79 Å². The number of rotatable bonds is 1. The zero-order chi connectivity index (χ0) is 13.7. The van der Waals surface area contributed by atoms with Crippen molar-refractivity contribution in [3.05, 3.63) is 71.3 Å². The molecule has 3 aromatic carbocycles. The number of benzene rings is 3. The predicted molar refractivity (Wildman–Crippen MR) is 80.7 cm³/mol. The zero-order valence-corrected chi connectivity index (χ0v) is 10.9. The van der Waals surface area contributed by atoms with E-state index < -0.39 is 0 Å². The van der Waals surface area contributed by atoms with Crippen LogP contribution in [-0.2, 0) is 6.42 Å². The lowest BCUT2D eigenvalue weighted by atomic mass is 9.97. The molecule has 2 N–H and O–H groups in total. The Balaban J connectivity index is 1.99. The highest BCUT2D eigenvalue weighted by molar-refractivity contribution is 6.01. The summed E-state index contributed by atoms with van der Waals surface area (Å²) in [4.78, 5) is 11.3. The molecule has 2 nitrogen and oxygen atoms in total. The van der Waals surface area contributed by atoms with E-state index >= 15 is 0 Å². The maximum Gasteiger partial charge on any atom is 0.248 e. The second kappa shape index (κ2) is 3.94. The fraction of sp³-hybridized carbons (Fsp3) is 0.0556. The van der Waals surface area contributed by atoms with E-state index in [1.807, 2.05) is 18.2 Å². The number of carbonyl (C=O) groups excluding carboxylic acids is 1. The first-order chi connectivity index (χ1) is 9.74. The van der Waals surface area contributed by atoms with Gasteiger partial charge in [-0.05, 0) is 51.6 Å². The highest BCUT2D eigenvalue weighted by atomic mass is 16.1. The molecule has 0 unspecified atom stereocenters. The third kappa shape index (κ3) is 1.48. The topological polar surface area (TPSA) is 43.1 Å². The van der Waals surface area contributed by atoms with Crippen molar-refractivity contribution in [3.8, 4) is 11.1 Å². The minimum absolute atomic E-state index is 0.379. The van der Waals surface area contributed by atoms with Crippen LogP contribution in [0.5, 0.6) is 0 Å². The second-order valence-corrected chi connectivity index (χ2v) is 5.23. The molecule has 0 saturated heterocycles. The number of fused-ring (bicyclic) bond motifs is 5. The monoisotopic (exact) mass is 259 g/mol. The van der Waals surface area contributed by atoms with Crippen molar-refractivity contribution in [1.82, 2.24) is 0 Å². The Hall–Kier alpha value is -2.61. The smallest absolute Gasteiger partial charge is 0.248 e. The van der Waals surface area contributed by atoms with E-state index in [0.29, 0.717) is 5.56 Å². The highest BCUT2D eigenvalue weighted by Gasteiger charge is 2.19. The summed E-state index contributed by atoms with van der Waals surface area (Å²) in [6.07, 6.45) is 0.957. The average Bonchev–Trinajstić information content (AvgIpc) is 2.85. The standard InChI is InChI=1S/C18H13NO/c19-18(20)13-6-7-15-12(9-13)5-8-16-14-4-2-1-3-11(14)10-17(15)16/h1-9H,10H2,(H2,19,20). The lowest BCUT2D eigenvalue weighted by Gasteiger charge is -2.07. The van der Waals surface area contributed by atoms with Gasteiger partial charge in [-0.1, -0.05) is 42.5 Å². The molecule has 0 aromatic heterocycles. The Bertz CT molecular complexity index is 864. The number of hydrogen-bond acceptors (Lipinski definition) is 1. The van der Waals surface area contributed by atoms with Gasteiger partial charge >= 0.3 is 0 Å². The van der Waals surface area contributed by atoms with Crippen LogP contribution >= 0.6 is 0 Å². The molecule has 0 atom stereocenters. The van der Waals surface area contributed by atoms with E-state index in [-0.39, 0.29) is 5.91 Å². The number of carbonyl (C=O) groups is 1. The van der Waals surface area contributed by atoms with E-state index in [4.69, 9.17) is 5.73 Å². The van der Waals surface area contributed by atoms with Gasteiger partial charge in [0.1, 0.15) is 0 Å². The first-order valence-corrected chi connectivity index (χ1v) is 6.68. The molecule has 0 spiro atoms. The van der Waals surface area contributed by atoms with Gasteiger partial charge in [0.2, 0.25) is 5.91 Å². The first-order valence-electron chi connectivity index (χ1n) is 6.68. The number of primary amides is 1. The van der Waals surface area contributed by atoms with E-state index in [0.717, 1.165) is 11.8 Å². The Morgan fingerprint density at radius 1 is 0.950 bits per heavy atom. The molecule has 1 aliphatic rings. The van der Waals surface area contributed by atoms with Crippen LogP contribution in [0.3, 0.4) is 0 Å². The molecule has 1 amide bonds. The molecule has 0 heterocycles. The highest BCUT2D eigenvalue weighted by Crippen LogP contribution is 2.40. The summed E-state index contributed by atoms with van der Waals surface area (Å²) in [5, 5.41) is 2.29. The molecule has 0 saturated carbocycles. The number of hydrogen-bond donors (Lipinski definition) is 1. The quantitative estimate of drug-likeness (QED) is 0.558. The largest absolute Gasteiger partial charge is 0.366 e. The Morgan fingerprint density at radius 3 is 2.65 bits per heavy atom. The van der Waals surface area contributed by atoms with E-state index in [1.165, 1.54) is 27.6 Å². The van der Waals surface area contributed by atoms with E-state index in [2.05, 4.69) is 36.4 Å². The summed E-state index contributed by atoms with van der Waals surface area (Å²) in [5.41, 5.74) is 11.3. The van der Waals surface area contributed by atoms with E-state index in [1.54, 1.807) is 0 Å².